The smallest absolute Gasteiger partial charge is 0.311 e. The Labute approximate surface area is 183 Å². The van der Waals surface area contributed by atoms with Crippen molar-refractivity contribution in [1.29, 1.82) is 0 Å². The number of amides is 1. The lowest BCUT2D eigenvalue weighted by Crippen LogP contribution is -2.15. The first-order valence-corrected chi connectivity index (χ1v) is 11.6. The SMILES string of the molecule is O=C(CC1CCS(=O)(=O)C1)Oc1ccc(C(=O)Nc2c(Cl)cc(Cl)cc2Cl)cc1. The highest BCUT2D eigenvalue weighted by Gasteiger charge is 2.30. The summed E-state index contributed by atoms with van der Waals surface area (Å²) in [5.74, 6) is -0.802. The molecule has 0 aromatic heterocycles. The van der Waals surface area contributed by atoms with E-state index in [-0.39, 0.29) is 45.3 Å². The number of hydrogen-bond donors (Lipinski definition) is 1. The van der Waals surface area contributed by atoms with Crippen molar-refractivity contribution in [3.63, 3.8) is 0 Å². The molecule has 1 aliphatic rings. The number of anilines is 1. The third-order valence-corrected chi connectivity index (χ3v) is 7.03. The Bertz CT molecular complexity index is 1030. The number of rotatable bonds is 5. The number of ether oxygens (including phenoxy) is 1. The molecule has 1 unspecified atom stereocenters. The summed E-state index contributed by atoms with van der Waals surface area (Å²) < 4.78 is 28.1. The van der Waals surface area contributed by atoms with E-state index >= 15 is 0 Å². The molecule has 1 aliphatic heterocycles. The minimum Gasteiger partial charge on any atom is -0.427 e. The summed E-state index contributed by atoms with van der Waals surface area (Å²) in [6.07, 6.45) is 0.501. The van der Waals surface area contributed by atoms with Crippen LogP contribution in [0.4, 0.5) is 5.69 Å². The summed E-state index contributed by atoms with van der Waals surface area (Å²) >= 11 is 18.0. The molecule has 2 aromatic rings. The predicted molar refractivity (Wildman–Crippen MR) is 113 cm³/mol. The van der Waals surface area contributed by atoms with E-state index in [1.165, 1.54) is 36.4 Å². The van der Waals surface area contributed by atoms with E-state index in [2.05, 4.69) is 5.32 Å². The molecule has 0 radical (unpaired) electrons. The molecule has 154 valence electrons. The second kappa shape index (κ2) is 8.92. The van der Waals surface area contributed by atoms with Crippen LogP contribution in [-0.2, 0) is 14.6 Å². The van der Waals surface area contributed by atoms with Crippen LogP contribution in [0.1, 0.15) is 23.2 Å². The van der Waals surface area contributed by atoms with Gasteiger partial charge in [0.05, 0.1) is 27.2 Å². The standard InChI is InChI=1S/C19H16Cl3NO5S/c20-13-8-15(21)18(16(22)9-13)23-19(25)12-1-3-14(4-2-12)28-17(24)7-11-5-6-29(26,27)10-11/h1-4,8-9,11H,5-7,10H2,(H,23,25). The average Bonchev–Trinajstić information content (AvgIpc) is 2.96. The molecule has 1 saturated heterocycles. The lowest BCUT2D eigenvalue weighted by molar-refractivity contribution is -0.135. The van der Waals surface area contributed by atoms with Gasteiger partial charge in [-0.05, 0) is 48.7 Å². The van der Waals surface area contributed by atoms with Crippen molar-refractivity contribution in [2.75, 3.05) is 16.8 Å². The van der Waals surface area contributed by atoms with Crippen LogP contribution >= 0.6 is 34.8 Å². The highest BCUT2D eigenvalue weighted by atomic mass is 35.5. The molecule has 10 heteroatoms. The zero-order valence-electron chi connectivity index (χ0n) is 15.0. The fraction of sp³-hybridized carbons (Fsp3) is 0.263. The van der Waals surface area contributed by atoms with E-state index < -0.39 is 21.7 Å². The molecular weight excluding hydrogens is 461 g/mol. The van der Waals surface area contributed by atoms with Gasteiger partial charge in [0.15, 0.2) is 9.84 Å². The van der Waals surface area contributed by atoms with Gasteiger partial charge in [0.1, 0.15) is 5.75 Å². The maximum Gasteiger partial charge on any atom is 0.311 e. The van der Waals surface area contributed by atoms with Crippen molar-refractivity contribution in [3.05, 3.63) is 57.0 Å². The van der Waals surface area contributed by atoms with Crippen molar-refractivity contribution in [2.24, 2.45) is 5.92 Å². The third-order valence-electron chi connectivity index (χ3n) is 4.38. The van der Waals surface area contributed by atoms with Gasteiger partial charge in [-0.1, -0.05) is 34.8 Å². The molecule has 3 rings (SSSR count). The molecule has 29 heavy (non-hydrogen) atoms. The Kier molecular flexibility index (Phi) is 6.73. The monoisotopic (exact) mass is 475 g/mol. The van der Waals surface area contributed by atoms with Crippen molar-refractivity contribution in [3.8, 4) is 5.75 Å². The number of halogens is 3. The third kappa shape index (κ3) is 5.85. The van der Waals surface area contributed by atoms with Gasteiger partial charge in [-0.2, -0.15) is 0 Å². The molecule has 1 heterocycles. The molecule has 0 bridgehead atoms. The molecule has 1 atom stereocenters. The molecule has 0 aliphatic carbocycles. The number of carbonyl (C=O) groups is 2. The largest absolute Gasteiger partial charge is 0.427 e. The fourth-order valence-corrected chi connectivity index (χ4v) is 5.74. The summed E-state index contributed by atoms with van der Waals surface area (Å²) in [5, 5.41) is 3.37. The second-order valence-electron chi connectivity index (χ2n) is 6.67. The van der Waals surface area contributed by atoms with Crippen molar-refractivity contribution < 1.29 is 22.7 Å². The number of sulfone groups is 1. The molecule has 1 amide bonds. The van der Waals surface area contributed by atoms with Crippen LogP contribution in [0.15, 0.2) is 36.4 Å². The number of nitrogens with one attached hydrogen (secondary N) is 1. The van der Waals surface area contributed by atoms with Crippen LogP contribution in [0.2, 0.25) is 15.1 Å². The topological polar surface area (TPSA) is 89.5 Å². The van der Waals surface area contributed by atoms with Crippen LogP contribution in [0.25, 0.3) is 0 Å². The van der Waals surface area contributed by atoms with Crippen LogP contribution in [0.3, 0.4) is 0 Å². The lowest BCUT2D eigenvalue weighted by Gasteiger charge is -2.11. The molecule has 6 nitrogen and oxygen atoms in total. The van der Waals surface area contributed by atoms with Crippen LogP contribution in [0.5, 0.6) is 5.75 Å². The van der Waals surface area contributed by atoms with Crippen LogP contribution < -0.4 is 10.1 Å². The van der Waals surface area contributed by atoms with Gasteiger partial charge in [-0.15, -0.1) is 0 Å². The van der Waals surface area contributed by atoms with E-state index in [1.807, 2.05) is 0 Å². The zero-order valence-corrected chi connectivity index (χ0v) is 18.0. The molecular formula is C19H16Cl3NO5S. The normalized spacial score (nSPS) is 17.7. The molecule has 0 spiro atoms. The number of benzene rings is 2. The first-order valence-electron chi connectivity index (χ1n) is 8.60. The van der Waals surface area contributed by atoms with E-state index in [9.17, 15) is 18.0 Å². The minimum absolute atomic E-state index is 0.0109. The average molecular weight is 477 g/mol. The first-order chi connectivity index (χ1) is 13.6. The number of carbonyl (C=O) groups excluding carboxylic acids is 2. The maximum absolute atomic E-state index is 12.4. The highest BCUT2D eigenvalue weighted by Crippen LogP contribution is 2.34. The molecule has 2 aromatic carbocycles. The Morgan fingerprint density at radius 2 is 1.69 bits per heavy atom. The van der Waals surface area contributed by atoms with Gasteiger partial charge < -0.3 is 10.1 Å². The summed E-state index contributed by atoms with van der Waals surface area (Å²) in [4.78, 5) is 24.4. The van der Waals surface area contributed by atoms with Gasteiger partial charge in [0, 0.05) is 17.0 Å². The van der Waals surface area contributed by atoms with E-state index in [4.69, 9.17) is 39.5 Å². The van der Waals surface area contributed by atoms with E-state index in [0.717, 1.165) is 0 Å². The first kappa shape index (κ1) is 21.9. The van der Waals surface area contributed by atoms with Crippen molar-refractivity contribution in [1.82, 2.24) is 0 Å². The Balaban J connectivity index is 1.60. The van der Waals surface area contributed by atoms with Gasteiger partial charge in [-0.25, -0.2) is 8.42 Å². The Morgan fingerprint density at radius 1 is 1.07 bits per heavy atom. The zero-order chi connectivity index (χ0) is 21.2. The summed E-state index contributed by atoms with van der Waals surface area (Å²) in [5.41, 5.74) is 0.540. The highest BCUT2D eigenvalue weighted by molar-refractivity contribution is 7.91. The number of hydrogen-bond acceptors (Lipinski definition) is 5. The molecule has 1 N–H and O–H groups in total. The number of esters is 1. The maximum atomic E-state index is 12.4. The summed E-state index contributed by atoms with van der Waals surface area (Å²) in [6.45, 7) is 0. The quantitative estimate of drug-likeness (QED) is 0.502. The van der Waals surface area contributed by atoms with Gasteiger partial charge >= 0.3 is 5.97 Å². The van der Waals surface area contributed by atoms with Crippen molar-refractivity contribution >= 4 is 62.2 Å². The fourth-order valence-electron chi connectivity index (χ4n) is 2.96. The van der Waals surface area contributed by atoms with Gasteiger partial charge in [-0.3, -0.25) is 9.59 Å². The Morgan fingerprint density at radius 3 is 2.24 bits per heavy atom. The van der Waals surface area contributed by atoms with E-state index in [0.29, 0.717) is 17.0 Å². The van der Waals surface area contributed by atoms with Gasteiger partial charge in [0.2, 0.25) is 0 Å². The summed E-state index contributed by atoms with van der Waals surface area (Å²) in [7, 11) is -3.04. The van der Waals surface area contributed by atoms with Gasteiger partial charge in [0.25, 0.3) is 5.91 Å². The van der Waals surface area contributed by atoms with Crippen LogP contribution in [0, 0.1) is 5.92 Å². The minimum atomic E-state index is -3.04. The van der Waals surface area contributed by atoms with Crippen molar-refractivity contribution in [2.45, 2.75) is 12.8 Å². The summed E-state index contributed by atoms with van der Waals surface area (Å²) in [6, 6.07) is 8.84. The molecule has 0 saturated carbocycles. The Hall–Kier alpha value is -1.80. The second-order valence-corrected chi connectivity index (χ2v) is 10.1. The predicted octanol–water partition coefficient (Wildman–Crippen LogP) is 4.63. The van der Waals surface area contributed by atoms with Crippen LogP contribution in [-0.4, -0.2) is 31.8 Å². The lowest BCUT2D eigenvalue weighted by atomic mass is 10.1. The molecule has 1 fully saturated rings. The van der Waals surface area contributed by atoms with E-state index in [1.54, 1.807) is 0 Å².